The number of ether oxygens (including phenoxy) is 2. The van der Waals surface area contributed by atoms with Crippen LogP contribution < -0.4 is 10.1 Å². The minimum absolute atomic E-state index is 0.0661. The second kappa shape index (κ2) is 9.65. The fraction of sp³-hybridized carbons (Fsp3) is 0.231. The van der Waals surface area contributed by atoms with E-state index in [2.05, 4.69) is 17.4 Å². The predicted octanol–water partition coefficient (Wildman–Crippen LogP) is 4.18. The van der Waals surface area contributed by atoms with Crippen molar-refractivity contribution in [2.24, 2.45) is 5.92 Å². The molecule has 7 heteroatoms. The van der Waals surface area contributed by atoms with E-state index in [-0.39, 0.29) is 31.2 Å². The maximum Gasteiger partial charge on any atom is 0.407 e. The molecule has 1 aliphatic carbocycles. The fourth-order valence-electron chi connectivity index (χ4n) is 4.25. The highest BCUT2D eigenvalue weighted by Crippen LogP contribution is 2.44. The van der Waals surface area contributed by atoms with Gasteiger partial charge in [0.05, 0.1) is 13.0 Å². The van der Waals surface area contributed by atoms with E-state index in [0.29, 0.717) is 11.3 Å². The molecular formula is C26H25NO6. The summed E-state index contributed by atoms with van der Waals surface area (Å²) in [5.41, 5.74) is 5.10. The van der Waals surface area contributed by atoms with Gasteiger partial charge in [0.25, 0.3) is 0 Å². The molecule has 3 N–H and O–H groups in total. The number of benzene rings is 3. The highest BCUT2D eigenvalue weighted by Gasteiger charge is 2.29. The molecule has 0 aromatic heterocycles. The number of aromatic hydroxyl groups is 1. The first-order valence-corrected chi connectivity index (χ1v) is 10.7. The van der Waals surface area contributed by atoms with Gasteiger partial charge < -0.3 is 25.0 Å². The number of carbonyl (C=O) groups is 2. The van der Waals surface area contributed by atoms with Gasteiger partial charge in [0.2, 0.25) is 0 Å². The summed E-state index contributed by atoms with van der Waals surface area (Å²) in [4.78, 5) is 24.0. The number of amides is 1. The first kappa shape index (κ1) is 22.2. The van der Waals surface area contributed by atoms with Gasteiger partial charge in [0.15, 0.2) is 11.5 Å². The van der Waals surface area contributed by atoms with Crippen LogP contribution in [0.5, 0.6) is 11.5 Å². The molecule has 170 valence electrons. The Morgan fingerprint density at radius 1 is 1.00 bits per heavy atom. The third-order valence-electron chi connectivity index (χ3n) is 5.91. The zero-order valence-corrected chi connectivity index (χ0v) is 18.2. The molecule has 4 rings (SSSR count). The van der Waals surface area contributed by atoms with Crippen molar-refractivity contribution in [3.8, 4) is 22.6 Å². The van der Waals surface area contributed by atoms with Gasteiger partial charge in [-0.2, -0.15) is 0 Å². The number of aliphatic carboxylic acids is 1. The number of carboxylic acids is 1. The fourth-order valence-corrected chi connectivity index (χ4v) is 4.25. The van der Waals surface area contributed by atoms with Crippen LogP contribution in [0.1, 0.15) is 22.6 Å². The number of carbonyl (C=O) groups excluding carboxylic acids is 1. The van der Waals surface area contributed by atoms with Gasteiger partial charge in [0.1, 0.15) is 6.61 Å². The third kappa shape index (κ3) is 4.77. The summed E-state index contributed by atoms with van der Waals surface area (Å²) in [6.45, 7) is 0.0583. The van der Waals surface area contributed by atoms with Crippen LogP contribution in [0.15, 0.2) is 66.7 Å². The summed E-state index contributed by atoms with van der Waals surface area (Å²) in [5, 5.41) is 22.0. The van der Waals surface area contributed by atoms with Crippen LogP contribution >= 0.6 is 0 Å². The summed E-state index contributed by atoms with van der Waals surface area (Å²) in [6, 6.07) is 20.8. The van der Waals surface area contributed by atoms with Crippen LogP contribution in [0.4, 0.5) is 4.79 Å². The zero-order valence-electron chi connectivity index (χ0n) is 18.2. The van der Waals surface area contributed by atoms with Crippen LogP contribution in [0, 0.1) is 5.92 Å². The molecule has 0 heterocycles. The van der Waals surface area contributed by atoms with E-state index >= 15 is 0 Å². The third-order valence-corrected chi connectivity index (χ3v) is 5.91. The lowest BCUT2D eigenvalue weighted by atomic mass is 9.98. The molecule has 0 unspecified atom stereocenters. The predicted molar refractivity (Wildman–Crippen MR) is 123 cm³/mol. The molecule has 0 saturated carbocycles. The number of phenolic OH excluding ortho intramolecular Hbond substituents is 1. The Morgan fingerprint density at radius 3 is 2.21 bits per heavy atom. The van der Waals surface area contributed by atoms with E-state index in [1.807, 2.05) is 36.4 Å². The molecule has 0 radical (unpaired) electrons. The van der Waals surface area contributed by atoms with E-state index in [1.165, 1.54) is 13.2 Å². The van der Waals surface area contributed by atoms with Crippen molar-refractivity contribution in [1.29, 1.82) is 0 Å². The first-order chi connectivity index (χ1) is 16.0. The van der Waals surface area contributed by atoms with Crippen LogP contribution in [0.3, 0.4) is 0 Å². The average Bonchev–Trinajstić information content (AvgIpc) is 3.14. The minimum atomic E-state index is -1.05. The Hall–Kier alpha value is -4.00. The summed E-state index contributed by atoms with van der Waals surface area (Å²) in [7, 11) is 1.44. The molecule has 1 atom stereocenters. The van der Waals surface area contributed by atoms with Gasteiger partial charge >= 0.3 is 12.1 Å². The van der Waals surface area contributed by atoms with Gasteiger partial charge in [-0.15, -0.1) is 0 Å². The molecule has 0 saturated heterocycles. The zero-order chi connectivity index (χ0) is 23.4. The quantitative estimate of drug-likeness (QED) is 0.478. The molecule has 0 bridgehead atoms. The van der Waals surface area contributed by atoms with E-state index in [9.17, 15) is 19.8 Å². The number of rotatable bonds is 8. The van der Waals surface area contributed by atoms with E-state index in [0.717, 1.165) is 22.3 Å². The van der Waals surface area contributed by atoms with Crippen molar-refractivity contribution >= 4 is 12.1 Å². The lowest BCUT2D eigenvalue weighted by Gasteiger charge is -2.17. The molecule has 3 aromatic rings. The Balaban J connectivity index is 1.36. The van der Waals surface area contributed by atoms with Gasteiger partial charge in [-0.3, -0.25) is 4.79 Å². The van der Waals surface area contributed by atoms with Crippen molar-refractivity contribution in [2.45, 2.75) is 12.3 Å². The van der Waals surface area contributed by atoms with Gasteiger partial charge in [-0.1, -0.05) is 54.6 Å². The number of nitrogens with one attached hydrogen (secondary N) is 1. The lowest BCUT2D eigenvalue weighted by Crippen LogP contribution is -2.35. The summed E-state index contributed by atoms with van der Waals surface area (Å²) < 4.78 is 10.5. The summed E-state index contributed by atoms with van der Waals surface area (Å²) in [5.74, 6) is -1.76. The maximum atomic E-state index is 12.4. The first-order valence-electron chi connectivity index (χ1n) is 10.7. The van der Waals surface area contributed by atoms with Crippen molar-refractivity contribution in [1.82, 2.24) is 5.32 Å². The molecule has 0 fully saturated rings. The Kier molecular flexibility index (Phi) is 6.49. The van der Waals surface area contributed by atoms with E-state index < -0.39 is 18.0 Å². The number of carboxylic acid groups (broad SMARTS) is 1. The monoisotopic (exact) mass is 447 g/mol. The molecule has 7 nitrogen and oxygen atoms in total. The van der Waals surface area contributed by atoms with Crippen molar-refractivity contribution in [3.63, 3.8) is 0 Å². The second-order valence-electron chi connectivity index (χ2n) is 7.95. The van der Waals surface area contributed by atoms with Crippen LogP contribution in [0.25, 0.3) is 11.1 Å². The molecule has 1 amide bonds. The van der Waals surface area contributed by atoms with Gasteiger partial charge in [-0.05, 0) is 46.4 Å². The number of phenols is 1. The average molecular weight is 447 g/mol. The summed E-state index contributed by atoms with van der Waals surface area (Å²) in [6.07, 6.45) is -0.531. The molecule has 0 aliphatic heterocycles. The number of hydrogen-bond acceptors (Lipinski definition) is 5. The van der Waals surface area contributed by atoms with Crippen LogP contribution in [-0.4, -0.2) is 42.5 Å². The van der Waals surface area contributed by atoms with E-state index in [1.54, 1.807) is 12.1 Å². The van der Waals surface area contributed by atoms with Crippen molar-refractivity contribution < 1.29 is 29.3 Å². The highest BCUT2D eigenvalue weighted by atomic mass is 16.5. The minimum Gasteiger partial charge on any atom is -0.504 e. The molecule has 0 spiro atoms. The second-order valence-corrected chi connectivity index (χ2v) is 7.95. The molecule has 33 heavy (non-hydrogen) atoms. The van der Waals surface area contributed by atoms with Crippen LogP contribution in [0.2, 0.25) is 0 Å². The lowest BCUT2D eigenvalue weighted by molar-refractivity contribution is -0.141. The molecular weight excluding hydrogens is 422 g/mol. The van der Waals surface area contributed by atoms with E-state index in [4.69, 9.17) is 9.47 Å². The number of hydrogen-bond donors (Lipinski definition) is 3. The Morgan fingerprint density at radius 2 is 1.64 bits per heavy atom. The highest BCUT2D eigenvalue weighted by molar-refractivity contribution is 5.79. The number of fused-ring (bicyclic) bond motifs is 3. The molecule has 3 aromatic carbocycles. The molecule has 1 aliphatic rings. The number of alkyl carbamates (subject to hydrolysis) is 1. The number of methoxy groups -OCH3 is 1. The normalized spacial score (nSPS) is 13.0. The van der Waals surface area contributed by atoms with Crippen molar-refractivity contribution in [2.75, 3.05) is 20.3 Å². The van der Waals surface area contributed by atoms with Crippen LogP contribution in [-0.2, 0) is 16.0 Å². The topological polar surface area (TPSA) is 105 Å². The SMILES string of the molecule is COc1ccc(C[C@H](CNC(=O)OCC2c3ccccc3-c3ccccc32)C(=O)O)cc1O. The largest absolute Gasteiger partial charge is 0.504 e. The van der Waals surface area contributed by atoms with Gasteiger partial charge in [-0.25, -0.2) is 4.79 Å². The summed E-state index contributed by atoms with van der Waals surface area (Å²) >= 11 is 0. The van der Waals surface area contributed by atoms with Crippen molar-refractivity contribution in [3.05, 3.63) is 83.4 Å². The Labute approximate surface area is 191 Å². The smallest absolute Gasteiger partial charge is 0.407 e. The Bertz CT molecular complexity index is 1130. The van der Waals surface area contributed by atoms with Gasteiger partial charge in [0, 0.05) is 12.5 Å². The maximum absolute atomic E-state index is 12.4. The standard InChI is InChI=1S/C26H25NO6/c1-32-24-11-10-16(13-23(24)28)12-17(25(29)30)14-27-26(31)33-15-22-20-8-4-2-6-18(20)19-7-3-5-9-21(19)22/h2-11,13,17,22,28H,12,14-15H2,1H3,(H,27,31)(H,29,30)/t17-/m1/s1.